The lowest BCUT2D eigenvalue weighted by Gasteiger charge is -2.32. The number of nitrogens with one attached hydrogen (secondary N) is 1. The summed E-state index contributed by atoms with van der Waals surface area (Å²) in [6, 6.07) is 1.93. The van der Waals surface area contributed by atoms with Crippen LogP contribution in [0.25, 0.3) is 0 Å². The van der Waals surface area contributed by atoms with E-state index in [1.165, 1.54) is 13.8 Å². The van der Waals surface area contributed by atoms with Crippen molar-refractivity contribution in [2.45, 2.75) is 43.9 Å². The Bertz CT molecular complexity index is 756. The van der Waals surface area contributed by atoms with Crippen LogP contribution in [0.3, 0.4) is 0 Å². The minimum atomic E-state index is -4.76. The van der Waals surface area contributed by atoms with Crippen LogP contribution in [-0.2, 0) is 0 Å². The first-order valence-corrected chi connectivity index (χ1v) is 8.85. The van der Waals surface area contributed by atoms with Crippen molar-refractivity contribution in [3.05, 3.63) is 23.5 Å². The van der Waals surface area contributed by atoms with Crippen LogP contribution in [0.2, 0.25) is 0 Å². The molecule has 1 aromatic rings. The van der Waals surface area contributed by atoms with E-state index in [9.17, 15) is 30.7 Å². The highest BCUT2D eigenvalue weighted by Gasteiger charge is 2.44. The number of hydrogen-bond donors (Lipinski definition) is 1. The number of hydrogen-bond acceptors (Lipinski definition) is 3. The summed E-state index contributed by atoms with van der Waals surface area (Å²) in [5.74, 6) is -3.58. The Labute approximate surface area is 155 Å². The molecule has 0 spiro atoms. The van der Waals surface area contributed by atoms with Gasteiger partial charge in [-0.25, -0.2) is 9.40 Å². The Kier molecular flexibility index (Phi) is 6.13. The van der Waals surface area contributed by atoms with E-state index in [0.29, 0.717) is 16.8 Å². The summed E-state index contributed by atoms with van der Waals surface area (Å²) >= 11 is 0.394. The van der Waals surface area contributed by atoms with Crippen LogP contribution in [0.1, 0.15) is 25.3 Å². The van der Waals surface area contributed by atoms with Crippen molar-refractivity contribution in [3.63, 3.8) is 0 Å². The van der Waals surface area contributed by atoms with Crippen LogP contribution in [0, 0.1) is 24.1 Å². The molecule has 1 aliphatic heterocycles. The molecule has 0 saturated carbocycles. The molecule has 0 radical (unpaired) electrons. The normalized spacial score (nSPS) is 18.7. The average molecular weight is 415 g/mol. The number of amidine groups is 1. The highest BCUT2D eigenvalue weighted by Crippen LogP contribution is 2.37. The molecule has 1 unspecified atom stereocenters. The minimum absolute atomic E-state index is 0.0536. The molecule has 1 N–H and O–H groups in total. The fourth-order valence-electron chi connectivity index (χ4n) is 2.61. The maximum atomic E-state index is 14.3. The van der Waals surface area contributed by atoms with Crippen molar-refractivity contribution in [1.82, 2.24) is 0 Å². The van der Waals surface area contributed by atoms with E-state index in [-0.39, 0.29) is 29.1 Å². The van der Waals surface area contributed by atoms with Gasteiger partial charge in [0.2, 0.25) is 0 Å². The number of hydrazone groups is 1. The number of rotatable bonds is 4. The molecule has 11 heteroatoms. The molecule has 1 aliphatic rings. The van der Waals surface area contributed by atoms with Crippen LogP contribution in [0.5, 0.6) is 0 Å². The first-order chi connectivity index (χ1) is 12.3. The third-order valence-corrected chi connectivity index (χ3v) is 5.16. The van der Waals surface area contributed by atoms with Gasteiger partial charge in [0, 0.05) is 17.2 Å². The summed E-state index contributed by atoms with van der Waals surface area (Å²) in [6.45, 7) is 2.91. The first-order valence-electron chi connectivity index (χ1n) is 7.86. The molecule has 1 aromatic carbocycles. The van der Waals surface area contributed by atoms with Crippen molar-refractivity contribution in [2.24, 2.45) is 11.0 Å². The number of aryl methyl sites for hydroxylation is 1. The zero-order valence-electron chi connectivity index (χ0n) is 14.3. The first kappa shape index (κ1) is 21.5. The highest BCUT2D eigenvalue weighted by molar-refractivity contribution is 7.99. The van der Waals surface area contributed by atoms with Gasteiger partial charge in [0.25, 0.3) is 0 Å². The predicted molar refractivity (Wildman–Crippen MR) is 90.0 cm³/mol. The maximum absolute atomic E-state index is 14.3. The number of thioether (sulfide) groups is 1. The second kappa shape index (κ2) is 7.69. The SMILES string of the molecule is CCC1CC(=N)N(c2cc(SCC(F)(F)F)c(C)cc2F)N=C1C(F)(F)F. The van der Waals surface area contributed by atoms with Gasteiger partial charge in [0.05, 0.1) is 5.75 Å². The van der Waals surface area contributed by atoms with Crippen molar-refractivity contribution >= 4 is 29.0 Å². The fourth-order valence-corrected chi connectivity index (χ4v) is 3.41. The molecule has 150 valence electrons. The molecule has 0 bridgehead atoms. The van der Waals surface area contributed by atoms with Gasteiger partial charge < -0.3 is 0 Å². The summed E-state index contributed by atoms with van der Waals surface area (Å²) in [5.41, 5.74) is -1.41. The number of halogens is 7. The van der Waals surface area contributed by atoms with Gasteiger partial charge in [-0.15, -0.1) is 11.8 Å². The summed E-state index contributed by atoms with van der Waals surface area (Å²) in [6.07, 6.45) is -9.42. The van der Waals surface area contributed by atoms with E-state index in [1.807, 2.05) is 0 Å². The number of nitrogens with zero attached hydrogens (tertiary/aromatic N) is 2. The average Bonchev–Trinajstić information content (AvgIpc) is 2.52. The molecule has 1 heterocycles. The molecule has 27 heavy (non-hydrogen) atoms. The lowest BCUT2D eigenvalue weighted by atomic mass is 9.93. The Morgan fingerprint density at radius 1 is 1.22 bits per heavy atom. The van der Waals surface area contributed by atoms with E-state index in [2.05, 4.69) is 5.10 Å². The van der Waals surface area contributed by atoms with Crippen molar-refractivity contribution in [3.8, 4) is 0 Å². The number of benzene rings is 1. The molecule has 2 rings (SSSR count). The molecule has 1 atom stereocenters. The smallest absolute Gasteiger partial charge is 0.287 e. The Hall–Kier alpha value is -1.78. The third-order valence-electron chi connectivity index (χ3n) is 3.94. The lowest BCUT2D eigenvalue weighted by Crippen LogP contribution is -2.42. The molecule has 0 saturated heterocycles. The van der Waals surface area contributed by atoms with Crippen LogP contribution >= 0.6 is 11.8 Å². The van der Waals surface area contributed by atoms with Crippen LogP contribution < -0.4 is 5.01 Å². The van der Waals surface area contributed by atoms with Gasteiger partial charge >= 0.3 is 12.4 Å². The van der Waals surface area contributed by atoms with Gasteiger partial charge in [0.1, 0.15) is 23.1 Å². The molecule has 0 aliphatic carbocycles. The van der Waals surface area contributed by atoms with E-state index in [1.54, 1.807) is 0 Å². The number of alkyl halides is 6. The molecular formula is C16H16F7N3S. The maximum Gasteiger partial charge on any atom is 0.431 e. The van der Waals surface area contributed by atoms with E-state index < -0.39 is 41.2 Å². The van der Waals surface area contributed by atoms with Crippen molar-refractivity contribution < 1.29 is 30.7 Å². The molecule has 0 fully saturated rings. The lowest BCUT2D eigenvalue weighted by molar-refractivity contribution is -0.105. The summed E-state index contributed by atoms with van der Waals surface area (Å²) in [7, 11) is 0. The van der Waals surface area contributed by atoms with Crippen LogP contribution in [-0.4, -0.2) is 29.7 Å². The van der Waals surface area contributed by atoms with E-state index in [4.69, 9.17) is 5.41 Å². The fraction of sp³-hybridized carbons (Fsp3) is 0.500. The van der Waals surface area contributed by atoms with Gasteiger partial charge in [-0.05, 0) is 31.0 Å². The highest BCUT2D eigenvalue weighted by atomic mass is 32.2. The molecular weight excluding hydrogens is 399 g/mol. The largest absolute Gasteiger partial charge is 0.431 e. The van der Waals surface area contributed by atoms with Gasteiger partial charge in [-0.2, -0.15) is 31.4 Å². The van der Waals surface area contributed by atoms with Crippen LogP contribution in [0.15, 0.2) is 22.1 Å². The Morgan fingerprint density at radius 2 is 1.85 bits per heavy atom. The minimum Gasteiger partial charge on any atom is -0.287 e. The summed E-state index contributed by atoms with van der Waals surface area (Å²) < 4.78 is 91.4. The summed E-state index contributed by atoms with van der Waals surface area (Å²) in [4.78, 5) is 0.0536. The second-order valence-corrected chi connectivity index (χ2v) is 7.04. The second-order valence-electron chi connectivity index (χ2n) is 6.02. The molecule has 3 nitrogen and oxygen atoms in total. The van der Waals surface area contributed by atoms with E-state index in [0.717, 1.165) is 12.1 Å². The molecule has 0 aromatic heterocycles. The predicted octanol–water partition coefficient (Wildman–Crippen LogP) is 5.92. The van der Waals surface area contributed by atoms with Gasteiger partial charge in [0.15, 0.2) is 0 Å². The monoisotopic (exact) mass is 415 g/mol. The standard InChI is InChI=1S/C16H16F7N3S/c1-3-9-5-13(24)26(25-14(9)16(21,22)23)11-6-12(8(2)4-10(11)17)27-7-15(18,19)20/h4,6,9,24H,3,5,7H2,1-2H3. The quantitative estimate of drug-likeness (QED) is 0.490. The zero-order chi connectivity index (χ0) is 20.6. The zero-order valence-corrected chi connectivity index (χ0v) is 15.1. The topological polar surface area (TPSA) is 39.5 Å². The Balaban J connectivity index is 2.47. The van der Waals surface area contributed by atoms with Gasteiger partial charge in [-0.3, -0.25) is 5.41 Å². The summed E-state index contributed by atoms with van der Waals surface area (Å²) in [5, 5.41) is 11.9. The van der Waals surface area contributed by atoms with E-state index >= 15 is 0 Å². The third kappa shape index (κ3) is 5.14. The van der Waals surface area contributed by atoms with Gasteiger partial charge in [-0.1, -0.05) is 6.92 Å². The van der Waals surface area contributed by atoms with Crippen LogP contribution in [0.4, 0.5) is 36.4 Å². The number of anilines is 1. The van der Waals surface area contributed by atoms with Crippen molar-refractivity contribution in [1.29, 1.82) is 5.41 Å². The van der Waals surface area contributed by atoms with Crippen molar-refractivity contribution in [2.75, 3.05) is 10.8 Å². The Morgan fingerprint density at radius 3 is 2.37 bits per heavy atom. The molecule has 0 amide bonds.